The van der Waals surface area contributed by atoms with Crippen molar-refractivity contribution in [2.75, 3.05) is 0 Å². The lowest BCUT2D eigenvalue weighted by atomic mass is 9.95. The van der Waals surface area contributed by atoms with Crippen molar-refractivity contribution in [1.29, 1.82) is 5.26 Å². The molecule has 0 atom stereocenters. The Morgan fingerprint density at radius 3 is 2.59 bits per heavy atom. The van der Waals surface area contributed by atoms with Gasteiger partial charge in [-0.2, -0.15) is 5.26 Å². The third-order valence-corrected chi connectivity index (χ3v) is 2.41. The molecule has 6 nitrogen and oxygen atoms in total. The molecule has 1 aromatic carbocycles. The van der Waals surface area contributed by atoms with Crippen molar-refractivity contribution in [1.82, 2.24) is 0 Å². The second-order valence-corrected chi connectivity index (χ2v) is 3.38. The number of nitro groups is 1. The number of rotatable bonds is 4. The van der Waals surface area contributed by atoms with Gasteiger partial charge in [0.1, 0.15) is 0 Å². The maximum atomic E-state index is 10.8. The quantitative estimate of drug-likeness (QED) is 0.630. The van der Waals surface area contributed by atoms with Crippen LogP contribution in [0.3, 0.4) is 0 Å². The summed E-state index contributed by atoms with van der Waals surface area (Å²) in [5.74, 6) is -1.11. The van der Waals surface area contributed by atoms with Crippen LogP contribution >= 0.6 is 0 Å². The van der Waals surface area contributed by atoms with Gasteiger partial charge in [-0.05, 0) is 18.1 Å². The molecule has 0 aliphatic heterocycles. The molecule has 6 heteroatoms. The van der Waals surface area contributed by atoms with Gasteiger partial charge in [0.15, 0.2) is 0 Å². The van der Waals surface area contributed by atoms with E-state index in [2.05, 4.69) is 0 Å². The summed E-state index contributed by atoms with van der Waals surface area (Å²) >= 11 is 0. The Kier molecular flexibility index (Phi) is 3.78. The van der Waals surface area contributed by atoms with Crippen LogP contribution in [0.25, 0.3) is 0 Å². The largest absolute Gasteiger partial charge is 0.481 e. The molecule has 0 aliphatic rings. The van der Waals surface area contributed by atoms with E-state index in [1.165, 1.54) is 12.1 Å². The summed E-state index contributed by atoms with van der Waals surface area (Å²) in [6.45, 7) is 1.69. The van der Waals surface area contributed by atoms with Crippen LogP contribution in [0.4, 0.5) is 5.69 Å². The highest BCUT2D eigenvalue weighted by Crippen LogP contribution is 2.26. The number of carboxylic acids is 1. The number of carbonyl (C=O) groups is 1. The fourth-order valence-electron chi connectivity index (χ4n) is 1.70. The third-order valence-electron chi connectivity index (χ3n) is 2.41. The maximum Gasteiger partial charge on any atom is 0.307 e. The first-order chi connectivity index (χ1) is 8.01. The average molecular weight is 234 g/mol. The zero-order valence-electron chi connectivity index (χ0n) is 9.14. The van der Waals surface area contributed by atoms with Gasteiger partial charge in [-0.15, -0.1) is 0 Å². The molecule has 17 heavy (non-hydrogen) atoms. The van der Waals surface area contributed by atoms with E-state index < -0.39 is 10.9 Å². The summed E-state index contributed by atoms with van der Waals surface area (Å²) in [6, 6.07) is 4.38. The van der Waals surface area contributed by atoms with Crippen molar-refractivity contribution in [2.24, 2.45) is 0 Å². The summed E-state index contributed by atoms with van der Waals surface area (Å²) in [5.41, 5.74) is 0.589. The van der Waals surface area contributed by atoms with Gasteiger partial charge in [0, 0.05) is 11.6 Å². The Hall–Kier alpha value is -2.42. The van der Waals surface area contributed by atoms with Gasteiger partial charge < -0.3 is 5.11 Å². The number of benzene rings is 1. The van der Waals surface area contributed by atoms with Crippen LogP contribution in [0.15, 0.2) is 12.1 Å². The van der Waals surface area contributed by atoms with E-state index in [4.69, 9.17) is 10.4 Å². The predicted octanol–water partition coefficient (Wildman–Crippen LogP) is 1.66. The van der Waals surface area contributed by atoms with Crippen molar-refractivity contribution in [3.05, 3.63) is 38.9 Å². The van der Waals surface area contributed by atoms with Gasteiger partial charge in [0.25, 0.3) is 5.69 Å². The number of nitriles is 1. The number of carboxylic acid groups (broad SMARTS) is 1. The second-order valence-electron chi connectivity index (χ2n) is 3.38. The van der Waals surface area contributed by atoms with Crippen LogP contribution in [-0.4, -0.2) is 16.0 Å². The Bertz CT molecular complexity index is 517. The Labute approximate surface area is 97.3 Å². The van der Waals surface area contributed by atoms with Crippen molar-refractivity contribution in [3.63, 3.8) is 0 Å². The van der Waals surface area contributed by atoms with Crippen LogP contribution in [0, 0.1) is 21.4 Å². The smallest absolute Gasteiger partial charge is 0.307 e. The summed E-state index contributed by atoms with van der Waals surface area (Å²) in [7, 11) is 0. The van der Waals surface area contributed by atoms with Crippen molar-refractivity contribution < 1.29 is 14.8 Å². The molecule has 1 N–H and O–H groups in total. The van der Waals surface area contributed by atoms with E-state index in [0.717, 1.165) is 0 Å². The van der Waals surface area contributed by atoms with Gasteiger partial charge in [-0.3, -0.25) is 14.9 Å². The molecule has 0 radical (unpaired) electrons. The molecule has 1 aromatic rings. The highest BCUT2D eigenvalue weighted by molar-refractivity contribution is 5.73. The molecular weight excluding hydrogens is 224 g/mol. The fraction of sp³-hybridized carbons (Fsp3) is 0.273. The minimum Gasteiger partial charge on any atom is -0.481 e. The standard InChI is InChI=1S/C11H10N2O4/c1-2-8-9(5-11(14)15)7(6-12)3-4-10(8)13(16)17/h3-4H,2,5H2,1H3,(H,14,15). The summed E-state index contributed by atoms with van der Waals surface area (Å²) in [5, 5.41) is 28.4. The highest BCUT2D eigenvalue weighted by Gasteiger charge is 2.20. The minimum absolute atomic E-state index is 0.136. The monoisotopic (exact) mass is 234 g/mol. The number of nitro benzene ring substituents is 1. The number of hydrogen-bond donors (Lipinski definition) is 1. The van der Waals surface area contributed by atoms with Crippen LogP contribution in [0.2, 0.25) is 0 Å². The first-order valence-corrected chi connectivity index (χ1v) is 4.92. The van der Waals surface area contributed by atoms with Gasteiger partial charge in [0.2, 0.25) is 0 Å². The molecule has 0 fully saturated rings. The molecular formula is C11H10N2O4. The number of nitrogens with zero attached hydrogens (tertiary/aromatic N) is 2. The molecule has 0 saturated heterocycles. The first-order valence-electron chi connectivity index (χ1n) is 4.92. The maximum absolute atomic E-state index is 10.8. The molecule has 0 heterocycles. The summed E-state index contributed by atoms with van der Waals surface area (Å²) < 4.78 is 0. The molecule has 0 saturated carbocycles. The zero-order valence-corrected chi connectivity index (χ0v) is 9.14. The normalized spacial score (nSPS) is 9.65. The topological polar surface area (TPSA) is 104 Å². The molecule has 0 amide bonds. The Morgan fingerprint density at radius 2 is 2.18 bits per heavy atom. The lowest BCUT2D eigenvalue weighted by Gasteiger charge is -2.08. The van der Waals surface area contributed by atoms with E-state index in [-0.39, 0.29) is 23.2 Å². The molecule has 0 aromatic heterocycles. The number of aliphatic carboxylic acids is 1. The molecule has 0 unspecified atom stereocenters. The Balaban J connectivity index is 3.49. The average Bonchev–Trinajstić information content (AvgIpc) is 2.27. The molecule has 0 bridgehead atoms. The second kappa shape index (κ2) is 5.07. The summed E-state index contributed by atoms with van der Waals surface area (Å²) in [6.07, 6.45) is -0.0673. The highest BCUT2D eigenvalue weighted by atomic mass is 16.6. The van der Waals surface area contributed by atoms with Gasteiger partial charge in [-0.1, -0.05) is 6.92 Å². The van der Waals surface area contributed by atoms with Crippen molar-refractivity contribution in [3.8, 4) is 6.07 Å². The minimum atomic E-state index is -1.11. The van der Waals surface area contributed by atoms with Crippen LogP contribution < -0.4 is 0 Å². The van der Waals surface area contributed by atoms with E-state index in [9.17, 15) is 14.9 Å². The third kappa shape index (κ3) is 2.58. The lowest BCUT2D eigenvalue weighted by molar-refractivity contribution is -0.385. The van der Waals surface area contributed by atoms with E-state index in [1.807, 2.05) is 6.07 Å². The fourth-order valence-corrected chi connectivity index (χ4v) is 1.70. The molecule has 1 rings (SSSR count). The van der Waals surface area contributed by atoms with Crippen molar-refractivity contribution >= 4 is 11.7 Å². The van der Waals surface area contributed by atoms with E-state index in [0.29, 0.717) is 12.0 Å². The zero-order chi connectivity index (χ0) is 13.0. The summed E-state index contributed by atoms with van der Waals surface area (Å²) in [4.78, 5) is 20.9. The molecule has 0 aliphatic carbocycles. The Morgan fingerprint density at radius 1 is 1.53 bits per heavy atom. The van der Waals surface area contributed by atoms with Gasteiger partial charge >= 0.3 is 5.97 Å². The van der Waals surface area contributed by atoms with Crippen LogP contribution in [0.1, 0.15) is 23.6 Å². The van der Waals surface area contributed by atoms with Crippen LogP contribution in [0.5, 0.6) is 0 Å². The van der Waals surface area contributed by atoms with E-state index in [1.54, 1.807) is 6.92 Å². The SMILES string of the molecule is CCc1c([N+](=O)[O-])ccc(C#N)c1CC(=O)O. The predicted molar refractivity (Wildman–Crippen MR) is 58.5 cm³/mol. The van der Waals surface area contributed by atoms with E-state index >= 15 is 0 Å². The van der Waals surface area contributed by atoms with Gasteiger partial charge in [-0.25, -0.2) is 0 Å². The molecule has 88 valence electrons. The first kappa shape index (κ1) is 12.6. The van der Waals surface area contributed by atoms with Gasteiger partial charge in [0.05, 0.1) is 23.0 Å². The molecule has 0 spiro atoms. The lowest BCUT2D eigenvalue weighted by Crippen LogP contribution is -2.08. The van der Waals surface area contributed by atoms with Crippen LogP contribution in [-0.2, 0) is 17.6 Å². The number of hydrogen-bond acceptors (Lipinski definition) is 4. The van der Waals surface area contributed by atoms with Crippen molar-refractivity contribution in [2.45, 2.75) is 19.8 Å².